The number of ketones is 1. The number of aryl methyl sites for hydroxylation is 8. The largest absolute Gasteiger partial charge is 0.508 e. The lowest BCUT2D eigenvalue weighted by atomic mass is 10.1. The van der Waals surface area contributed by atoms with E-state index in [0.29, 0.717) is 78.7 Å². The number of carbonyl (C=O) groups is 6. The van der Waals surface area contributed by atoms with E-state index in [0.717, 1.165) is 33.9 Å². The highest BCUT2D eigenvalue weighted by Gasteiger charge is 2.20. The van der Waals surface area contributed by atoms with E-state index in [-0.39, 0.29) is 68.4 Å². The first kappa shape index (κ1) is 85.5. The molecule has 1 aliphatic heterocycles. The molecule has 109 heavy (non-hydrogen) atoms. The molecule has 3 aromatic heterocycles. The van der Waals surface area contributed by atoms with Gasteiger partial charge in [-0.3, -0.25) is 29.0 Å². The smallest absolute Gasteiger partial charge is 0.338 e. The van der Waals surface area contributed by atoms with E-state index in [1.165, 1.54) is 140 Å². The summed E-state index contributed by atoms with van der Waals surface area (Å²) >= 11 is 21.9. The van der Waals surface area contributed by atoms with Crippen LogP contribution in [0.15, 0.2) is 199 Å². The van der Waals surface area contributed by atoms with Gasteiger partial charge in [-0.25, -0.2) is 31.1 Å². The Balaban J connectivity index is 0.000000208. The minimum atomic E-state index is -1.23. The number of aromatic carboxylic acids is 1. The van der Waals surface area contributed by atoms with E-state index in [1.807, 2.05) is 26.0 Å². The fourth-order valence-electron chi connectivity index (χ4n) is 8.86. The Bertz CT molecular complexity index is 5140. The van der Waals surface area contributed by atoms with Gasteiger partial charge in [-0.2, -0.15) is 15.3 Å². The van der Waals surface area contributed by atoms with Crippen molar-refractivity contribution >= 4 is 104 Å². The zero-order chi connectivity index (χ0) is 80.2. The van der Waals surface area contributed by atoms with Gasteiger partial charge in [-0.05, 0) is 199 Å². The Kier molecular flexibility index (Phi) is 32.5. The molecular weight excluding hydrogens is 1510 g/mol. The number of dihydropyridines is 1. The van der Waals surface area contributed by atoms with Crippen LogP contribution in [0.25, 0.3) is 0 Å². The second-order valence-corrected chi connectivity index (χ2v) is 24.7. The van der Waals surface area contributed by atoms with Crippen molar-refractivity contribution < 1.29 is 74.8 Å². The van der Waals surface area contributed by atoms with Crippen molar-refractivity contribution in [3.63, 3.8) is 0 Å². The first-order valence-electron chi connectivity index (χ1n) is 31.8. The number of benzene rings is 8. The molecule has 7 N–H and O–H groups in total. The van der Waals surface area contributed by atoms with Crippen LogP contribution in [0.5, 0.6) is 28.7 Å². The number of nitrogens with two attached hydrogens (primary N) is 1. The molecule has 0 radical (unpaired) electrons. The Morgan fingerprint density at radius 1 is 0.440 bits per heavy atom. The summed E-state index contributed by atoms with van der Waals surface area (Å²) < 4.78 is 89.3. The number of amides is 3. The number of carboxylic acids is 1. The van der Waals surface area contributed by atoms with Crippen LogP contribution in [0.1, 0.15) is 96.3 Å². The first-order chi connectivity index (χ1) is 51.6. The summed E-state index contributed by atoms with van der Waals surface area (Å²) in [5, 5.41) is 46.5. The summed E-state index contributed by atoms with van der Waals surface area (Å²) in [6, 6.07) is 39.6. The summed E-state index contributed by atoms with van der Waals surface area (Å²) in [4.78, 5) is 73.4. The number of ether oxygens (including phenoxy) is 2. The number of nitrogen functional groups attached to an aromatic ring is 1. The van der Waals surface area contributed by atoms with E-state index in [1.54, 1.807) is 77.9 Å². The van der Waals surface area contributed by atoms with Crippen molar-refractivity contribution in [3.05, 3.63) is 317 Å². The number of phenolic OH excluding ortho intramolecular Hbond substituents is 1. The average Bonchev–Trinajstić information content (AvgIpc) is 0.826. The standard InChI is InChI=1S/C20H17FN2O3.C19H15ClFN3O2.C12H9ClFN3O.C8H6ClFO.C8H7FO2.C7H7FO.C4H4ClN3/c1-12-3-5-19(26-18-6-4-14(21)8-13(18)2)17(7-12)20(25)23-15-9-16(24)11-22-10-15;1-11-3-5-17(26-16-6-4-13(21)8-12(16)2)15(7-11)19(25)23-14-9-18(20)24-22-10-14;1-7-2-3-10(14)9(4-7)12(18)16-8-5-11(13)17-15-6-8;1-5-2-3-7(10)6(4-5)8(9)11;1-5-2-3-7(9)6(4-5)8(10)11;1-5-4-6(8)2-3-7(5)9;5-4-1-3(6)2-7-8-4/h3-10H,11H2,1-2H3,(H,23,25);3-10H,1-2H3,(H,23,24,25);2-6H,1H3,(H,16,17,18);2-4H,1H3;2-4H,1H3,(H,10,11);2-4,9H,1H3;1-2H,(H2,6,8). The number of carbonyl (C=O) groups excluding carboxylic acids is 5. The number of hydrogen-bond acceptors (Lipinski definition) is 17. The third-order valence-electron chi connectivity index (χ3n) is 14.1. The number of aliphatic imine (C=N–C) groups is 1. The third kappa shape index (κ3) is 28.4. The second kappa shape index (κ2) is 41.5. The van der Waals surface area contributed by atoms with Gasteiger partial charge in [0.2, 0.25) is 0 Å². The number of rotatable bonds is 12. The number of allylic oxidation sites excluding steroid dienone is 1. The molecule has 11 aromatic rings. The number of aromatic nitrogens is 6. The van der Waals surface area contributed by atoms with Crippen LogP contribution >= 0.6 is 46.4 Å². The lowest BCUT2D eigenvalue weighted by Gasteiger charge is -2.14. The van der Waals surface area contributed by atoms with Crippen LogP contribution < -0.4 is 31.2 Å². The van der Waals surface area contributed by atoms with E-state index >= 15 is 0 Å². The van der Waals surface area contributed by atoms with Crippen LogP contribution in [-0.2, 0) is 4.79 Å². The van der Waals surface area contributed by atoms with Crippen molar-refractivity contribution in [1.82, 2.24) is 35.9 Å². The molecule has 0 atom stereocenters. The van der Waals surface area contributed by atoms with Crippen LogP contribution in [0, 0.1) is 90.3 Å². The Morgan fingerprint density at radius 3 is 1.18 bits per heavy atom. The van der Waals surface area contributed by atoms with Gasteiger partial charge in [-0.1, -0.05) is 93.0 Å². The van der Waals surface area contributed by atoms with Crippen LogP contribution in [0.3, 0.4) is 0 Å². The highest BCUT2D eigenvalue weighted by molar-refractivity contribution is 6.67. The summed E-state index contributed by atoms with van der Waals surface area (Å²) in [5.41, 5.74) is 13.1. The molecule has 12 rings (SSSR count). The molecule has 31 heteroatoms. The maximum Gasteiger partial charge on any atom is 0.338 e. The number of nitrogens with zero attached hydrogens (tertiary/aromatic N) is 7. The third-order valence-corrected chi connectivity index (χ3v) is 14.9. The van der Waals surface area contributed by atoms with Crippen molar-refractivity contribution in [2.45, 2.75) is 55.4 Å². The van der Waals surface area contributed by atoms with Crippen molar-refractivity contribution in [3.8, 4) is 28.7 Å². The normalized spacial score (nSPS) is 10.8. The molecule has 0 fully saturated rings. The monoisotopic (exact) mass is 1570 g/mol. The number of nitrogens with one attached hydrogen (secondary N) is 3. The molecule has 562 valence electrons. The molecular formula is C78H65Cl4F6N11O10. The van der Waals surface area contributed by atoms with E-state index in [9.17, 15) is 55.1 Å². The number of halogens is 10. The van der Waals surface area contributed by atoms with Gasteiger partial charge in [0.05, 0.1) is 69.2 Å². The molecule has 0 unspecified atom stereocenters. The van der Waals surface area contributed by atoms with E-state index < -0.39 is 40.5 Å². The number of phenols is 1. The molecule has 0 bridgehead atoms. The Hall–Kier alpha value is -12.4. The zero-order valence-electron chi connectivity index (χ0n) is 58.8. The van der Waals surface area contributed by atoms with Gasteiger partial charge in [-0.15, -0.1) is 15.3 Å². The lowest BCUT2D eigenvalue weighted by Crippen LogP contribution is -2.26. The van der Waals surface area contributed by atoms with E-state index in [4.69, 9.17) is 71.8 Å². The predicted octanol–water partition coefficient (Wildman–Crippen LogP) is 18.2. The highest BCUT2D eigenvalue weighted by atomic mass is 35.5. The Morgan fingerprint density at radius 2 is 0.807 bits per heavy atom. The summed E-state index contributed by atoms with van der Waals surface area (Å²) in [6.07, 6.45) is 6.94. The van der Waals surface area contributed by atoms with Gasteiger partial charge in [0.15, 0.2) is 21.2 Å². The molecule has 3 amide bonds. The molecule has 1 aliphatic rings. The maximum absolute atomic E-state index is 13.5. The topological polar surface area (TPSA) is 313 Å². The number of hydrogen-bond donors (Lipinski definition) is 6. The molecule has 8 aromatic carbocycles. The molecule has 21 nitrogen and oxygen atoms in total. The highest BCUT2D eigenvalue weighted by Crippen LogP contribution is 2.32. The number of aromatic hydroxyl groups is 1. The fourth-order valence-corrected chi connectivity index (χ4v) is 9.50. The summed E-state index contributed by atoms with van der Waals surface area (Å²) in [6.45, 7) is 14.2. The molecule has 0 saturated heterocycles. The van der Waals surface area contributed by atoms with Crippen molar-refractivity contribution in [1.29, 1.82) is 0 Å². The number of carboxylic acid groups (broad SMARTS) is 1. The molecule has 4 heterocycles. The summed E-state index contributed by atoms with van der Waals surface area (Å²) in [5.74, 6) is -3.87. The van der Waals surface area contributed by atoms with Gasteiger partial charge in [0.1, 0.15) is 70.2 Å². The zero-order valence-corrected chi connectivity index (χ0v) is 61.9. The second-order valence-electron chi connectivity index (χ2n) is 23.2. The van der Waals surface area contributed by atoms with Gasteiger partial charge >= 0.3 is 5.97 Å². The fraction of sp³-hybridized carbons (Fsp3) is 0.115. The quantitative estimate of drug-likeness (QED) is 0.0489. The van der Waals surface area contributed by atoms with Gasteiger partial charge in [0.25, 0.3) is 23.0 Å². The average molecular weight is 1570 g/mol. The van der Waals surface area contributed by atoms with Gasteiger partial charge in [0, 0.05) is 30.5 Å². The Labute approximate surface area is 640 Å². The molecule has 0 aliphatic carbocycles. The summed E-state index contributed by atoms with van der Waals surface area (Å²) in [7, 11) is 0. The molecule has 0 spiro atoms. The maximum atomic E-state index is 13.5. The minimum Gasteiger partial charge on any atom is -0.508 e. The van der Waals surface area contributed by atoms with Crippen LogP contribution in [0.2, 0.25) is 15.5 Å². The lowest BCUT2D eigenvalue weighted by molar-refractivity contribution is -0.113. The van der Waals surface area contributed by atoms with Crippen molar-refractivity contribution in [2.24, 2.45) is 4.99 Å². The van der Waals surface area contributed by atoms with Crippen LogP contribution in [0.4, 0.5) is 43.4 Å². The predicted molar refractivity (Wildman–Crippen MR) is 403 cm³/mol. The van der Waals surface area contributed by atoms with Crippen LogP contribution in [-0.4, -0.2) is 88.3 Å². The van der Waals surface area contributed by atoms with E-state index in [2.05, 4.69) is 51.5 Å². The van der Waals surface area contributed by atoms with Crippen molar-refractivity contribution in [2.75, 3.05) is 22.9 Å². The minimum absolute atomic E-state index is 0.0251. The SMILES string of the molecule is Cc1cc(F)ccc1O.Cc1ccc(F)c(C(=O)Cl)c1.Cc1ccc(F)c(C(=O)Nc2cnnc(Cl)c2)c1.Cc1ccc(F)c(C(=O)O)c1.Cc1ccc(Oc2ccc(F)cc2C)c(C(=O)NC2=CC(=O)CN=C2)c1.Cc1ccc(Oc2ccc(F)cc2C)c(C(=O)Nc2cnnc(Cl)c2)c1.Nc1cnnc(Cl)c1. The first-order valence-corrected chi connectivity index (χ1v) is 33.3. The number of anilines is 3. The van der Waals surface area contributed by atoms with Gasteiger partial charge < -0.3 is 41.4 Å². The molecule has 0 saturated carbocycles.